The van der Waals surface area contributed by atoms with Crippen molar-refractivity contribution in [1.82, 2.24) is 10.6 Å². The van der Waals surface area contributed by atoms with Gasteiger partial charge >= 0.3 is 0 Å². The van der Waals surface area contributed by atoms with Crippen molar-refractivity contribution in [1.29, 1.82) is 0 Å². The van der Waals surface area contributed by atoms with Crippen LogP contribution in [0.4, 0.5) is 0 Å². The number of rotatable bonds is 4. The van der Waals surface area contributed by atoms with Crippen molar-refractivity contribution in [2.75, 3.05) is 26.8 Å². The van der Waals surface area contributed by atoms with Crippen LogP contribution < -0.4 is 10.6 Å². The van der Waals surface area contributed by atoms with Gasteiger partial charge < -0.3 is 15.4 Å². The second-order valence-electron chi connectivity index (χ2n) is 5.77. The molecule has 19 heavy (non-hydrogen) atoms. The van der Waals surface area contributed by atoms with Gasteiger partial charge in [-0.1, -0.05) is 19.3 Å². The van der Waals surface area contributed by atoms with E-state index in [1.807, 2.05) is 0 Å². The van der Waals surface area contributed by atoms with Gasteiger partial charge in [-0.05, 0) is 38.8 Å². The average molecular weight is 291 g/mol. The van der Waals surface area contributed by atoms with Crippen molar-refractivity contribution in [3.8, 4) is 0 Å². The first-order chi connectivity index (χ1) is 8.77. The van der Waals surface area contributed by atoms with E-state index in [9.17, 15) is 4.79 Å². The molecule has 0 aromatic heterocycles. The van der Waals surface area contributed by atoms with Crippen molar-refractivity contribution in [3.63, 3.8) is 0 Å². The minimum atomic E-state index is -0.294. The Morgan fingerprint density at radius 2 is 1.89 bits per heavy atom. The monoisotopic (exact) mass is 290 g/mol. The average Bonchev–Trinajstić information content (AvgIpc) is 2.41. The second kappa shape index (κ2) is 8.08. The fourth-order valence-electron chi connectivity index (χ4n) is 3.20. The standard InChI is InChI=1S/C14H26N2O2.ClH/c1-18-11-14(7-9-15-10-8-14)13(17)16-12-5-3-2-4-6-12;/h12,15H,2-11H2,1H3,(H,16,17);1H. The van der Waals surface area contributed by atoms with Gasteiger partial charge in [-0.25, -0.2) is 0 Å². The highest BCUT2D eigenvalue weighted by atomic mass is 35.5. The lowest BCUT2D eigenvalue weighted by atomic mass is 9.78. The van der Waals surface area contributed by atoms with Gasteiger partial charge in [0.15, 0.2) is 0 Å². The van der Waals surface area contributed by atoms with Crippen LogP contribution in [0.2, 0.25) is 0 Å². The maximum Gasteiger partial charge on any atom is 0.228 e. The predicted octanol–water partition coefficient (Wildman–Crippen LogP) is 1.87. The van der Waals surface area contributed by atoms with E-state index in [0.717, 1.165) is 38.8 Å². The highest BCUT2D eigenvalue weighted by molar-refractivity contribution is 5.85. The normalized spacial score (nSPS) is 23.4. The summed E-state index contributed by atoms with van der Waals surface area (Å²) in [7, 11) is 1.69. The van der Waals surface area contributed by atoms with Crippen molar-refractivity contribution >= 4 is 18.3 Å². The van der Waals surface area contributed by atoms with Crippen LogP contribution in [0.5, 0.6) is 0 Å². The van der Waals surface area contributed by atoms with E-state index < -0.39 is 0 Å². The van der Waals surface area contributed by atoms with Crippen molar-refractivity contribution < 1.29 is 9.53 Å². The number of ether oxygens (including phenoxy) is 1. The lowest BCUT2D eigenvalue weighted by molar-refractivity contribution is -0.137. The molecule has 0 spiro atoms. The fourth-order valence-corrected chi connectivity index (χ4v) is 3.20. The van der Waals surface area contributed by atoms with Gasteiger partial charge in [0.05, 0.1) is 12.0 Å². The molecule has 0 atom stereocenters. The molecule has 1 aliphatic carbocycles. The minimum absolute atomic E-state index is 0. The molecule has 1 aliphatic heterocycles. The Kier molecular flexibility index (Phi) is 7.11. The van der Waals surface area contributed by atoms with Crippen molar-refractivity contribution in [2.24, 2.45) is 5.41 Å². The topological polar surface area (TPSA) is 50.4 Å². The minimum Gasteiger partial charge on any atom is -0.384 e. The summed E-state index contributed by atoms with van der Waals surface area (Å²) >= 11 is 0. The molecule has 1 saturated heterocycles. The number of hydrogen-bond donors (Lipinski definition) is 2. The summed E-state index contributed by atoms with van der Waals surface area (Å²) in [5.74, 6) is 0.220. The van der Waals surface area contributed by atoms with Gasteiger partial charge in [0.1, 0.15) is 0 Å². The molecule has 1 saturated carbocycles. The molecule has 2 rings (SSSR count). The largest absolute Gasteiger partial charge is 0.384 e. The van der Waals surface area contributed by atoms with Gasteiger partial charge in [0, 0.05) is 13.2 Å². The molecule has 1 amide bonds. The molecule has 5 heteroatoms. The molecule has 0 aromatic rings. The molecule has 2 fully saturated rings. The van der Waals surface area contributed by atoms with Crippen LogP contribution in [0, 0.1) is 5.41 Å². The number of halogens is 1. The number of amides is 1. The SMILES string of the molecule is COCC1(C(=O)NC2CCCCC2)CCNCC1.Cl. The summed E-state index contributed by atoms with van der Waals surface area (Å²) < 4.78 is 5.31. The quantitative estimate of drug-likeness (QED) is 0.831. The van der Waals surface area contributed by atoms with Gasteiger partial charge in [-0.15, -0.1) is 12.4 Å². The van der Waals surface area contributed by atoms with Crippen LogP contribution in [0.1, 0.15) is 44.9 Å². The van der Waals surface area contributed by atoms with Gasteiger partial charge in [0.25, 0.3) is 0 Å². The van der Waals surface area contributed by atoms with Crippen LogP contribution in [0.3, 0.4) is 0 Å². The Morgan fingerprint density at radius 1 is 1.26 bits per heavy atom. The Bertz CT molecular complexity index is 269. The Morgan fingerprint density at radius 3 is 2.47 bits per heavy atom. The number of hydrogen-bond acceptors (Lipinski definition) is 3. The van der Waals surface area contributed by atoms with E-state index in [1.165, 1.54) is 19.3 Å². The van der Waals surface area contributed by atoms with Crippen LogP contribution in [-0.2, 0) is 9.53 Å². The zero-order valence-electron chi connectivity index (χ0n) is 11.9. The maximum absolute atomic E-state index is 12.6. The lowest BCUT2D eigenvalue weighted by Gasteiger charge is -2.37. The zero-order valence-corrected chi connectivity index (χ0v) is 12.7. The Balaban J connectivity index is 0.00000180. The number of carbonyl (C=O) groups is 1. The van der Waals surface area contributed by atoms with E-state index in [1.54, 1.807) is 7.11 Å². The molecule has 2 N–H and O–H groups in total. The van der Waals surface area contributed by atoms with Gasteiger partial charge in [0.2, 0.25) is 5.91 Å². The highest BCUT2D eigenvalue weighted by Crippen LogP contribution is 2.30. The fraction of sp³-hybridized carbons (Fsp3) is 0.929. The van der Waals surface area contributed by atoms with Crippen LogP contribution in [-0.4, -0.2) is 38.8 Å². The molecular formula is C14H27ClN2O2. The van der Waals surface area contributed by atoms with Gasteiger partial charge in [-0.2, -0.15) is 0 Å². The lowest BCUT2D eigenvalue weighted by Crippen LogP contribution is -2.52. The predicted molar refractivity (Wildman–Crippen MR) is 78.7 cm³/mol. The van der Waals surface area contributed by atoms with E-state index in [4.69, 9.17) is 4.74 Å². The molecule has 4 nitrogen and oxygen atoms in total. The molecule has 0 aromatic carbocycles. The summed E-state index contributed by atoms with van der Waals surface area (Å²) in [5.41, 5.74) is -0.294. The van der Waals surface area contributed by atoms with E-state index in [2.05, 4.69) is 10.6 Å². The zero-order chi connectivity index (χ0) is 12.8. The number of piperidine rings is 1. The molecule has 2 aliphatic rings. The summed E-state index contributed by atoms with van der Waals surface area (Å²) in [4.78, 5) is 12.6. The third kappa shape index (κ3) is 4.33. The number of nitrogens with one attached hydrogen (secondary N) is 2. The smallest absolute Gasteiger partial charge is 0.228 e. The van der Waals surface area contributed by atoms with E-state index >= 15 is 0 Å². The third-order valence-corrected chi connectivity index (χ3v) is 4.40. The summed E-state index contributed by atoms with van der Waals surface area (Å²) in [5, 5.41) is 6.59. The molecular weight excluding hydrogens is 264 g/mol. The molecule has 0 radical (unpaired) electrons. The molecule has 112 valence electrons. The van der Waals surface area contributed by atoms with Crippen molar-refractivity contribution in [2.45, 2.75) is 51.0 Å². The van der Waals surface area contributed by atoms with Gasteiger partial charge in [-0.3, -0.25) is 4.79 Å². The molecule has 1 heterocycles. The summed E-state index contributed by atoms with van der Waals surface area (Å²) in [6, 6.07) is 0.398. The van der Waals surface area contributed by atoms with Crippen molar-refractivity contribution in [3.05, 3.63) is 0 Å². The highest BCUT2D eigenvalue weighted by Gasteiger charge is 2.40. The molecule has 0 unspecified atom stereocenters. The second-order valence-corrected chi connectivity index (χ2v) is 5.77. The molecule has 0 bridgehead atoms. The maximum atomic E-state index is 12.6. The first kappa shape index (κ1) is 16.7. The van der Waals surface area contributed by atoms with E-state index in [0.29, 0.717) is 12.6 Å². The Hall–Kier alpha value is -0.320. The summed E-state index contributed by atoms with van der Waals surface area (Å²) in [6.07, 6.45) is 7.89. The van der Waals surface area contributed by atoms with E-state index in [-0.39, 0.29) is 23.7 Å². The third-order valence-electron chi connectivity index (χ3n) is 4.40. The number of methoxy groups -OCH3 is 1. The van der Waals surface area contributed by atoms with Crippen LogP contribution in [0.25, 0.3) is 0 Å². The Labute approximate surface area is 122 Å². The first-order valence-corrected chi connectivity index (χ1v) is 7.27. The van der Waals surface area contributed by atoms with Crippen LogP contribution >= 0.6 is 12.4 Å². The van der Waals surface area contributed by atoms with Crippen LogP contribution in [0.15, 0.2) is 0 Å². The number of carbonyl (C=O) groups excluding carboxylic acids is 1. The summed E-state index contributed by atoms with van der Waals surface area (Å²) in [6.45, 7) is 2.39. The first-order valence-electron chi connectivity index (χ1n) is 7.27.